The molecule has 3 heterocycles. The fourth-order valence-electron chi connectivity index (χ4n) is 4.33. The highest BCUT2D eigenvalue weighted by molar-refractivity contribution is 5.69. The Hall–Kier alpha value is -3.50. The maximum absolute atomic E-state index is 10.0. The highest BCUT2D eigenvalue weighted by Crippen LogP contribution is 2.36. The molecule has 0 unspecified atom stereocenters. The van der Waals surface area contributed by atoms with Crippen molar-refractivity contribution in [2.75, 3.05) is 26.7 Å². The zero-order chi connectivity index (χ0) is 23.4. The molecule has 7 heteroatoms. The number of benzene rings is 1. The van der Waals surface area contributed by atoms with Gasteiger partial charge >= 0.3 is 0 Å². The van der Waals surface area contributed by atoms with Crippen molar-refractivity contribution in [3.05, 3.63) is 54.5 Å². The molecule has 0 atom stereocenters. The van der Waals surface area contributed by atoms with Gasteiger partial charge in [-0.15, -0.1) is 0 Å². The molecule has 1 aliphatic heterocycles. The number of rotatable bonds is 6. The van der Waals surface area contributed by atoms with Gasteiger partial charge in [-0.05, 0) is 63.5 Å². The van der Waals surface area contributed by atoms with Gasteiger partial charge in [-0.2, -0.15) is 5.26 Å². The fraction of sp³-hybridized carbons (Fsp3) is 0.385. The molecule has 4 rings (SSSR count). The lowest BCUT2D eigenvalue weighted by Gasteiger charge is -2.35. The van der Waals surface area contributed by atoms with Gasteiger partial charge in [0.2, 0.25) is 5.88 Å². The summed E-state index contributed by atoms with van der Waals surface area (Å²) in [5, 5.41) is 19.4. The Kier molecular flexibility index (Phi) is 6.57. The molecule has 0 amide bonds. The van der Waals surface area contributed by atoms with E-state index in [1.165, 1.54) is 0 Å². The van der Waals surface area contributed by atoms with Crippen LogP contribution in [0.15, 0.2) is 48.8 Å². The second-order valence-corrected chi connectivity index (χ2v) is 9.18. The molecule has 3 aromatic rings. The first kappa shape index (κ1) is 22.7. The highest BCUT2D eigenvalue weighted by atomic mass is 16.5. The molecular formula is C26H29N5O2. The summed E-state index contributed by atoms with van der Waals surface area (Å²) >= 11 is 0. The van der Waals surface area contributed by atoms with Gasteiger partial charge in [0.15, 0.2) is 5.82 Å². The second kappa shape index (κ2) is 9.55. The van der Waals surface area contributed by atoms with Crippen molar-refractivity contribution in [1.82, 2.24) is 19.9 Å². The van der Waals surface area contributed by atoms with Gasteiger partial charge in [0.1, 0.15) is 5.75 Å². The van der Waals surface area contributed by atoms with E-state index in [1.807, 2.05) is 38.2 Å². The molecule has 1 N–H and O–H groups in total. The van der Waals surface area contributed by atoms with Crippen molar-refractivity contribution < 1.29 is 9.84 Å². The number of nitriles is 1. The minimum Gasteiger partial charge on any atom is -0.508 e. The van der Waals surface area contributed by atoms with E-state index in [4.69, 9.17) is 9.72 Å². The van der Waals surface area contributed by atoms with Crippen LogP contribution in [0, 0.1) is 16.7 Å². The van der Waals surface area contributed by atoms with Gasteiger partial charge in [-0.25, -0.2) is 15.0 Å². The number of hydrogen-bond acceptors (Lipinski definition) is 7. The molecule has 33 heavy (non-hydrogen) atoms. The van der Waals surface area contributed by atoms with Crippen molar-refractivity contribution in [3.63, 3.8) is 0 Å². The quantitative estimate of drug-likeness (QED) is 0.592. The Morgan fingerprint density at radius 3 is 2.55 bits per heavy atom. The van der Waals surface area contributed by atoms with Crippen LogP contribution >= 0.6 is 0 Å². The highest BCUT2D eigenvalue weighted by Gasteiger charge is 2.28. The Morgan fingerprint density at radius 2 is 1.91 bits per heavy atom. The molecule has 1 saturated heterocycles. The number of pyridine rings is 1. The fourth-order valence-corrected chi connectivity index (χ4v) is 4.33. The number of ether oxygens (including phenoxy) is 1. The van der Waals surface area contributed by atoms with Gasteiger partial charge in [0.05, 0.1) is 24.3 Å². The monoisotopic (exact) mass is 443 g/mol. The summed E-state index contributed by atoms with van der Waals surface area (Å²) in [6.45, 7) is 6.57. The molecule has 7 nitrogen and oxygen atoms in total. The number of methoxy groups -OCH3 is 1. The number of aromatic hydroxyl groups is 1. The molecule has 1 fully saturated rings. The number of hydrogen-bond donors (Lipinski definition) is 1. The SMILES string of the molecule is COc1ccc(-c2ncc(-c3cccc(O)c3)c(C3CCN(CC(C)(C)C#N)CC3)n2)cn1. The molecule has 0 aliphatic carbocycles. The van der Waals surface area contributed by atoms with Gasteiger partial charge < -0.3 is 14.7 Å². The van der Waals surface area contributed by atoms with Crippen LogP contribution in [0.3, 0.4) is 0 Å². The predicted molar refractivity (Wildman–Crippen MR) is 127 cm³/mol. The van der Waals surface area contributed by atoms with E-state index in [2.05, 4.69) is 20.9 Å². The zero-order valence-corrected chi connectivity index (χ0v) is 19.3. The lowest BCUT2D eigenvalue weighted by atomic mass is 9.87. The number of aromatic nitrogens is 3. The van der Waals surface area contributed by atoms with Crippen molar-refractivity contribution >= 4 is 0 Å². The van der Waals surface area contributed by atoms with E-state index in [0.717, 1.165) is 54.9 Å². The second-order valence-electron chi connectivity index (χ2n) is 9.18. The summed E-state index contributed by atoms with van der Waals surface area (Å²) in [7, 11) is 1.59. The van der Waals surface area contributed by atoms with Gasteiger partial charge in [0, 0.05) is 42.0 Å². The molecular weight excluding hydrogens is 414 g/mol. The van der Waals surface area contributed by atoms with Gasteiger partial charge in [-0.1, -0.05) is 12.1 Å². The van der Waals surface area contributed by atoms with Crippen LogP contribution in [0.4, 0.5) is 0 Å². The Balaban J connectivity index is 1.66. The Morgan fingerprint density at radius 1 is 1.12 bits per heavy atom. The average molecular weight is 444 g/mol. The topological polar surface area (TPSA) is 95.2 Å². The minimum atomic E-state index is -0.358. The Bertz CT molecular complexity index is 1150. The van der Waals surface area contributed by atoms with E-state index >= 15 is 0 Å². The maximum Gasteiger partial charge on any atom is 0.212 e. The summed E-state index contributed by atoms with van der Waals surface area (Å²) in [6.07, 6.45) is 5.47. The van der Waals surface area contributed by atoms with Crippen molar-refractivity contribution in [3.8, 4) is 40.2 Å². The molecule has 170 valence electrons. The number of piperidine rings is 1. The third kappa shape index (κ3) is 5.29. The maximum atomic E-state index is 10.0. The summed E-state index contributed by atoms with van der Waals surface area (Å²) < 4.78 is 5.16. The lowest BCUT2D eigenvalue weighted by Crippen LogP contribution is -2.39. The van der Waals surface area contributed by atoms with Crippen LogP contribution in [0.1, 0.15) is 38.3 Å². The van der Waals surface area contributed by atoms with E-state index in [1.54, 1.807) is 31.5 Å². The molecule has 1 aromatic carbocycles. The largest absolute Gasteiger partial charge is 0.508 e. The van der Waals surface area contributed by atoms with Crippen LogP contribution < -0.4 is 4.74 Å². The van der Waals surface area contributed by atoms with Crippen LogP contribution in [0.25, 0.3) is 22.5 Å². The zero-order valence-electron chi connectivity index (χ0n) is 19.3. The number of phenolic OH excluding ortho intramolecular Hbond substituents is 1. The first-order valence-electron chi connectivity index (χ1n) is 11.2. The number of phenols is 1. The first-order chi connectivity index (χ1) is 15.9. The predicted octanol–water partition coefficient (Wildman–Crippen LogP) is 4.65. The number of nitrogens with zero attached hydrogens (tertiary/aromatic N) is 5. The molecule has 1 aliphatic rings. The van der Waals surface area contributed by atoms with E-state index in [0.29, 0.717) is 11.7 Å². The smallest absolute Gasteiger partial charge is 0.212 e. The van der Waals surface area contributed by atoms with Crippen LogP contribution in [0.2, 0.25) is 0 Å². The third-order valence-corrected chi connectivity index (χ3v) is 6.07. The van der Waals surface area contributed by atoms with E-state index in [9.17, 15) is 10.4 Å². The van der Waals surface area contributed by atoms with Crippen LogP contribution in [-0.2, 0) is 0 Å². The summed E-state index contributed by atoms with van der Waals surface area (Å²) in [6, 6.07) is 13.3. The normalized spacial score (nSPS) is 15.2. The first-order valence-corrected chi connectivity index (χ1v) is 11.2. The van der Waals surface area contributed by atoms with Crippen LogP contribution in [-0.4, -0.2) is 51.7 Å². The summed E-state index contributed by atoms with van der Waals surface area (Å²) in [5.74, 6) is 1.65. The van der Waals surface area contributed by atoms with Crippen LogP contribution in [0.5, 0.6) is 11.6 Å². The third-order valence-electron chi connectivity index (χ3n) is 6.07. The Labute approximate surface area is 194 Å². The summed E-state index contributed by atoms with van der Waals surface area (Å²) in [4.78, 5) is 16.3. The minimum absolute atomic E-state index is 0.218. The molecule has 0 radical (unpaired) electrons. The van der Waals surface area contributed by atoms with E-state index < -0.39 is 0 Å². The molecule has 0 spiro atoms. The van der Waals surface area contributed by atoms with Crippen molar-refractivity contribution in [2.24, 2.45) is 5.41 Å². The van der Waals surface area contributed by atoms with E-state index in [-0.39, 0.29) is 17.1 Å². The van der Waals surface area contributed by atoms with Gasteiger partial charge in [0.25, 0.3) is 0 Å². The van der Waals surface area contributed by atoms with Crippen molar-refractivity contribution in [2.45, 2.75) is 32.6 Å². The van der Waals surface area contributed by atoms with Crippen molar-refractivity contribution in [1.29, 1.82) is 5.26 Å². The van der Waals surface area contributed by atoms with Gasteiger partial charge in [-0.3, -0.25) is 0 Å². The molecule has 2 aromatic heterocycles. The lowest BCUT2D eigenvalue weighted by molar-refractivity contribution is 0.169. The molecule has 0 saturated carbocycles. The molecule has 0 bridgehead atoms. The average Bonchev–Trinajstić information content (AvgIpc) is 2.84. The summed E-state index contributed by atoms with van der Waals surface area (Å²) in [5.41, 5.74) is 3.29. The standard InChI is InChI=1S/C26H29N5O2/c1-26(2,16-27)17-31-11-9-18(10-12-31)24-22(19-5-4-6-21(32)13-19)15-29-25(30-24)20-7-8-23(33-3)28-14-20/h4-8,13-15,18,32H,9-12,17H2,1-3H3. The number of likely N-dealkylation sites (tertiary alicyclic amines) is 1.